The number of unbranched alkanes of at least 4 members (excludes halogenated alkanes) is 1. The summed E-state index contributed by atoms with van der Waals surface area (Å²) in [4.78, 5) is 24.1. The van der Waals surface area contributed by atoms with Gasteiger partial charge in [-0.3, -0.25) is 14.8 Å². The van der Waals surface area contributed by atoms with Gasteiger partial charge in [0.15, 0.2) is 6.23 Å². The highest BCUT2D eigenvalue weighted by molar-refractivity contribution is 6.30. The minimum absolute atomic E-state index is 0.0282. The van der Waals surface area contributed by atoms with Crippen molar-refractivity contribution >= 4 is 28.7 Å². The Labute approximate surface area is 222 Å². The normalized spacial score (nSPS) is 21.3. The van der Waals surface area contributed by atoms with Gasteiger partial charge < -0.3 is 19.9 Å². The molecule has 37 heavy (non-hydrogen) atoms. The van der Waals surface area contributed by atoms with Crippen LogP contribution >= 0.6 is 11.6 Å². The lowest BCUT2D eigenvalue weighted by Gasteiger charge is -2.37. The lowest BCUT2D eigenvalue weighted by molar-refractivity contribution is 0.378. The average Bonchev–Trinajstić information content (AvgIpc) is 3.66. The quantitative estimate of drug-likeness (QED) is 0.336. The molecule has 1 aromatic carbocycles. The molecule has 3 aromatic rings. The highest BCUT2D eigenvalue weighted by atomic mass is 35.5. The van der Waals surface area contributed by atoms with E-state index in [0.717, 1.165) is 53.2 Å². The van der Waals surface area contributed by atoms with E-state index in [4.69, 9.17) is 27.1 Å². The first-order valence-electron chi connectivity index (χ1n) is 12.7. The summed E-state index contributed by atoms with van der Waals surface area (Å²) in [6.45, 7) is 5.98. The number of nitrogens with zero attached hydrogens (tertiary/aromatic N) is 4. The molecule has 2 N–H and O–H groups in total. The smallest absolute Gasteiger partial charge is 0.253 e. The van der Waals surface area contributed by atoms with Gasteiger partial charge in [0.1, 0.15) is 6.10 Å². The summed E-state index contributed by atoms with van der Waals surface area (Å²) in [6, 6.07) is 13.2. The van der Waals surface area contributed by atoms with E-state index in [2.05, 4.69) is 16.8 Å². The second kappa shape index (κ2) is 10.1. The molecule has 1 saturated heterocycles. The molecule has 5 rings (SSSR count). The number of aliphatic imine (C=N–C) groups is 1. The zero-order chi connectivity index (χ0) is 26.3. The molecule has 3 atom stereocenters. The molecule has 0 spiro atoms. The monoisotopic (exact) mass is 517 g/mol. The molecular weight excluding hydrogens is 486 g/mol. The molecule has 0 aliphatic carbocycles. The predicted octanol–water partition coefficient (Wildman–Crippen LogP) is 5.38. The summed E-state index contributed by atoms with van der Waals surface area (Å²) in [5.74, 6) is 0. The van der Waals surface area contributed by atoms with Crippen LogP contribution in [0.1, 0.15) is 49.6 Å². The molecule has 0 amide bonds. The van der Waals surface area contributed by atoms with Crippen molar-refractivity contribution in [3.63, 3.8) is 0 Å². The average molecular weight is 518 g/mol. The second-order valence-corrected chi connectivity index (χ2v) is 10.2. The summed E-state index contributed by atoms with van der Waals surface area (Å²) in [5, 5.41) is 0.654. The number of aromatic nitrogens is 2. The molecular formula is C29H32ClN5O2. The lowest BCUT2D eigenvalue weighted by Crippen LogP contribution is -2.42. The lowest BCUT2D eigenvalue weighted by atomic mass is 9.90. The van der Waals surface area contributed by atoms with E-state index in [-0.39, 0.29) is 23.9 Å². The number of aryl methyl sites for hydroxylation is 3. The molecule has 192 valence electrons. The number of pyridine rings is 2. The minimum Gasteiger partial charge on any atom is -0.400 e. The number of rotatable bonds is 7. The van der Waals surface area contributed by atoms with E-state index >= 15 is 0 Å². The van der Waals surface area contributed by atoms with Crippen molar-refractivity contribution in [1.82, 2.24) is 9.55 Å². The highest BCUT2D eigenvalue weighted by Crippen LogP contribution is 2.49. The third-order valence-corrected chi connectivity index (χ3v) is 7.31. The number of anilines is 1. The predicted molar refractivity (Wildman–Crippen MR) is 149 cm³/mol. The summed E-state index contributed by atoms with van der Waals surface area (Å²) < 4.78 is 7.85. The van der Waals surface area contributed by atoms with Gasteiger partial charge in [-0.1, -0.05) is 37.1 Å². The fourth-order valence-corrected chi connectivity index (χ4v) is 5.26. The van der Waals surface area contributed by atoms with Crippen molar-refractivity contribution in [1.29, 1.82) is 0 Å². The van der Waals surface area contributed by atoms with Gasteiger partial charge >= 0.3 is 0 Å². The van der Waals surface area contributed by atoms with E-state index in [1.807, 2.05) is 68.7 Å². The summed E-state index contributed by atoms with van der Waals surface area (Å²) in [6.07, 6.45) is 6.26. The summed E-state index contributed by atoms with van der Waals surface area (Å²) in [5.41, 5.74) is 13.7. The van der Waals surface area contributed by atoms with E-state index in [0.29, 0.717) is 16.3 Å². The van der Waals surface area contributed by atoms with Crippen molar-refractivity contribution in [2.75, 3.05) is 4.90 Å². The Morgan fingerprint density at radius 1 is 1.24 bits per heavy atom. The number of hydrogen-bond acceptors (Lipinski definition) is 6. The Morgan fingerprint density at radius 3 is 2.70 bits per heavy atom. The van der Waals surface area contributed by atoms with Crippen LogP contribution in [-0.2, 0) is 18.2 Å². The van der Waals surface area contributed by atoms with Gasteiger partial charge in [-0.2, -0.15) is 0 Å². The van der Waals surface area contributed by atoms with Gasteiger partial charge in [-0.15, -0.1) is 0 Å². The largest absolute Gasteiger partial charge is 0.400 e. The number of benzene rings is 1. The number of ether oxygens (including phenoxy) is 1. The Bertz CT molecular complexity index is 1420. The Balaban J connectivity index is 1.62. The molecule has 0 saturated carbocycles. The minimum atomic E-state index is -0.313. The van der Waals surface area contributed by atoms with Crippen LogP contribution in [0.3, 0.4) is 0 Å². The Hall–Kier alpha value is -3.42. The Kier molecular flexibility index (Phi) is 6.92. The first-order chi connectivity index (χ1) is 17.8. The zero-order valence-corrected chi connectivity index (χ0v) is 22.4. The van der Waals surface area contributed by atoms with Crippen LogP contribution in [0.5, 0.6) is 0 Å². The summed E-state index contributed by atoms with van der Waals surface area (Å²) in [7, 11) is 1.76. The molecule has 3 unspecified atom stereocenters. The van der Waals surface area contributed by atoms with Crippen molar-refractivity contribution < 1.29 is 4.74 Å². The fraction of sp³-hybridized carbons (Fsp3) is 0.345. The first kappa shape index (κ1) is 25.2. The SMILES string of the molecule is CCCCc1ncccc1N=C(C)C1=C(N)C(c2ccc(Cl)cc2)N(c2cc(C)c(=O)n(C)c2)C2OC12. The second-order valence-electron chi connectivity index (χ2n) is 9.74. The fourth-order valence-electron chi connectivity index (χ4n) is 5.14. The number of nitrogens with two attached hydrogens (primary N) is 1. The van der Waals surface area contributed by atoms with Crippen LogP contribution in [0.15, 0.2) is 75.9 Å². The van der Waals surface area contributed by atoms with Crippen LogP contribution in [-0.4, -0.2) is 27.6 Å². The van der Waals surface area contributed by atoms with E-state index in [1.165, 1.54) is 0 Å². The standard InChI is InChI=1S/C29H32ClN5O2/c1-5-6-8-22-23(9-7-14-32-22)33-18(3)24-25(31)26(19-10-12-20(30)13-11-19)35(29-27(24)37-29)21-15-17(2)28(36)34(4)16-21/h7,9-16,26-27,29H,5-6,8,31H2,1-4H3. The van der Waals surface area contributed by atoms with E-state index in [9.17, 15) is 4.79 Å². The highest BCUT2D eigenvalue weighted by Gasteiger charge is 2.55. The van der Waals surface area contributed by atoms with Gasteiger partial charge in [0.2, 0.25) is 0 Å². The van der Waals surface area contributed by atoms with Crippen LogP contribution in [0.25, 0.3) is 0 Å². The van der Waals surface area contributed by atoms with Gasteiger partial charge in [-0.05, 0) is 62.6 Å². The topological polar surface area (TPSA) is 89.0 Å². The molecule has 0 radical (unpaired) electrons. The maximum absolute atomic E-state index is 12.4. The van der Waals surface area contributed by atoms with E-state index < -0.39 is 0 Å². The first-order valence-corrected chi connectivity index (χ1v) is 13.0. The van der Waals surface area contributed by atoms with Gasteiger partial charge in [-0.25, -0.2) is 0 Å². The number of epoxide rings is 1. The summed E-state index contributed by atoms with van der Waals surface area (Å²) >= 11 is 6.21. The van der Waals surface area contributed by atoms with Gasteiger partial charge in [0.05, 0.1) is 23.1 Å². The molecule has 2 aromatic heterocycles. The molecule has 0 bridgehead atoms. The van der Waals surface area contributed by atoms with Crippen LogP contribution in [0.2, 0.25) is 5.02 Å². The third-order valence-electron chi connectivity index (χ3n) is 7.05. The number of halogens is 1. The maximum atomic E-state index is 12.4. The van der Waals surface area contributed by atoms with Crippen molar-refractivity contribution in [3.8, 4) is 0 Å². The Morgan fingerprint density at radius 2 is 2.00 bits per heavy atom. The van der Waals surface area contributed by atoms with Crippen molar-refractivity contribution in [3.05, 3.63) is 98.3 Å². The van der Waals surface area contributed by atoms with Crippen LogP contribution in [0, 0.1) is 6.92 Å². The molecule has 2 aliphatic heterocycles. The molecule has 8 heteroatoms. The molecule has 7 nitrogen and oxygen atoms in total. The van der Waals surface area contributed by atoms with Gasteiger partial charge in [0.25, 0.3) is 5.56 Å². The third kappa shape index (κ3) is 4.81. The van der Waals surface area contributed by atoms with Crippen molar-refractivity contribution in [2.45, 2.75) is 58.4 Å². The number of hydrogen-bond donors (Lipinski definition) is 1. The number of fused-ring (bicyclic) bond motifs is 1. The van der Waals surface area contributed by atoms with E-state index in [1.54, 1.807) is 11.6 Å². The molecule has 2 aliphatic rings. The maximum Gasteiger partial charge on any atom is 0.253 e. The van der Waals surface area contributed by atoms with Crippen LogP contribution < -0.4 is 16.2 Å². The molecule has 4 heterocycles. The molecule has 1 fully saturated rings. The zero-order valence-electron chi connectivity index (χ0n) is 21.6. The van der Waals surface area contributed by atoms with Crippen molar-refractivity contribution in [2.24, 2.45) is 17.8 Å². The van der Waals surface area contributed by atoms with Gasteiger partial charge in [0, 0.05) is 47.0 Å². The van der Waals surface area contributed by atoms with Crippen LogP contribution in [0.4, 0.5) is 11.4 Å².